The van der Waals surface area contributed by atoms with E-state index in [1.165, 1.54) is 19.2 Å². The highest BCUT2D eigenvalue weighted by molar-refractivity contribution is 6.46. The van der Waals surface area contributed by atoms with Crippen LogP contribution in [0.2, 0.25) is 0 Å². The molecular formula is C11H10N2O3. The fraction of sp³-hybridized carbons (Fsp3) is 0.182. The molecule has 1 amide bonds. The fourth-order valence-electron chi connectivity index (χ4n) is 1.63. The molecule has 0 saturated heterocycles. The molecule has 1 aromatic rings. The molecule has 1 aliphatic heterocycles. The lowest BCUT2D eigenvalue weighted by atomic mass is 10.0. The molecule has 0 radical (unpaired) electrons. The second-order valence-corrected chi connectivity index (χ2v) is 3.42. The van der Waals surface area contributed by atoms with Crippen molar-refractivity contribution in [2.24, 2.45) is 4.99 Å². The van der Waals surface area contributed by atoms with Gasteiger partial charge in [-0.05, 0) is 17.7 Å². The van der Waals surface area contributed by atoms with E-state index in [4.69, 9.17) is 5.11 Å². The average Bonchev–Trinajstić information content (AvgIpc) is 2.70. The molecule has 0 atom stereocenters. The van der Waals surface area contributed by atoms with Crippen LogP contribution in [0.4, 0.5) is 0 Å². The summed E-state index contributed by atoms with van der Waals surface area (Å²) < 4.78 is 0. The van der Waals surface area contributed by atoms with Gasteiger partial charge in [-0.1, -0.05) is 6.07 Å². The lowest BCUT2D eigenvalue weighted by Gasteiger charge is -2.03. The minimum Gasteiger partial charge on any atom is -0.478 e. The highest BCUT2D eigenvalue weighted by atomic mass is 16.4. The van der Waals surface area contributed by atoms with Crippen LogP contribution in [0.1, 0.15) is 21.5 Å². The van der Waals surface area contributed by atoms with E-state index in [-0.39, 0.29) is 11.5 Å². The Morgan fingerprint density at radius 1 is 1.44 bits per heavy atom. The molecule has 2 rings (SSSR count). The van der Waals surface area contributed by atoms with Crippen molar-refractivity contribution in [2.45, 2.75) is 6.54 Å². The molecule has 0 saturated carbocycles. The number of hydrogen-bond acceptors (Lipinski definition) is 3. The molecule has 0 aromatic heterocycles. The summed E-state index contributed by atoms with van der Waals surface area (Å²) in [6.45, 7) is 0.429. The number of amides is 1. The van der Waals surface area contributed by atoms with Crippen LogP contribution >= 0.6 is 0 Å². The van der Waals surface area contributed by atoms with E-state index in [9.17, 15) is 9.59 Å². The monoisotopic (exact) mass is 218 g/mol. The van der Waals surface area contributed by atoms with E-state index in [1.54, 1.807) is 6.07 Å². The minimum atomic E-state index is -1.01. The standard InChI is InChI=1S/C11H10N2O3/c1-12-10(14)9-8-4-6(11(15)16)2-3-7(8)5-13-9/h2-4H,5H2,1H3,(H,12,14)(H,15,16). The maximum Gasteiger partial charge on any atom is 0.335 e. The Balaban J connectivity index is 2.46. The summed E-state index contributed by atoms with van der Waals surface area (Å²) in [4.78, 5) is 26.4. The maximum absolute atomic E-state index is 11.5. The number of carbonyl (C=O) groups is 2. The van der Waals surface area contributed by atoms with Crippen LogP contribution in [0.15, 0.2) is 23.2 Å². The summed E-state index contributed by atoms with van der Waals surface area (Å²) in [7, 11) is 1.52. The van der Waals surface area contributed by atoms with Crippen LogP contribution in [0.25, 0.3) is 0 Å². The normalized spacial score (nSPS) is 12.9. The summed E-state index contributed by atoms with van der Waals surface area (Å²) in [6.07, 6.45) is 0. The van der Waals surface area contributed by atoms with Crippen LogP contribution in [-0.2, 0) is 11.3 Å². The molecule has 1 aliphatic rings. The zero-order chi connectivity index (χ0) is 11.7. The largest absolute Gasteiger partial charge is 0.478 e. The number of rotatable bonds is 2. The van der Waals surface area contributed by atoms with Gasteiger partial charge in [0.2, 0.25) is 0 Å². The number of carboxylic acid groups (broad SMARTS) is 1. The summed E-state index contributed by atoms with van der Waals surface area (Å²) in [6, 6.07) is 4.69. The lowest BCUT2D eigenvalue weighted by Crippen LogP contribution is -2.27. The number of benzene rings is 1. The summed E-state index contributed by atoms with van der Waals surface area (Å²) >= 11 is 0. The SMILES string of the molecule is CNC(=O)C1=NCc2ccc(C(=O)O)cc21. The number of carboxylic acids is 1. The van der Waals surface area contributed by atoms with Crippen molar-refractivity contribution in [1.82, 2.24) is 5.32 Å². The van der Waals surface area contributed by atoms with Gasteiger partial charge < -0.3 is 10.4 Å². The number of nitrogens with zero attached hydrogens (tertiary/aromatic N) is 1. The second-order valence-electron chi connectivity index (χ2n) is 3.42. The number of nitrogens with one attached hydrogen (secondary N) is 1. The number of likely N-dealkylation sites (N-methyl/N-ethyl adjacent to an activating group) is 1. The van der Waals surface area contributed by atoms with Gasteiger partial charge in [0.25, 0.3) is 5.91 Å². The third-order valence-electron chi connectivity index (χ3n) is 2.46. The van der Waals surface area contributed by atoms with Crippen molar-refractivity contribution in [3.8, 4) is 0 Å². The molecule has 16 heavy (non-hydrogen) atoms. The third-order valence-corrected chi connectivity index (χ3v) is 2.46. The first-order valence-electron chi connectivity index (χ1n) is 4.76. The molecule has 1 heterocycles. The van der Waals surface area contributed by atoms with Gasteiger partial charge in [-0.3, -0.25) is 9.79 Å². The van der Waals surface area contributed by atoms with Crippen LogP contribution in [0.3, 0.4) is 0 Å². The molecular weight excluding hydrogens is 208 g/mol. The molecule has 5 nitrogen and oxygen atoms in total. The van der Waals surface area contributed by atoms with E-state index >= 15 is 0 Å². The summed E-state index contributed by atoms with van der Waals surface area (Å²) in [5, 5.41) is 11.3. The van der Waals surface area contributed by atoms with E-state index < -0.39 is 5.97 Å². The maximum atomic E-state index is 11.5. The Morgan fingerprint density at radius 3 is 2.81 bits per heavy atom. The van der Waals surface area contributed by atoms with Crippen molar-refractivity contribution >= 4 is 17.6 Å². The van der Waals surface area contributed by atoms with Crippen molar-refractivity contribution < 1.29 is 14.7 Å². The predicted molar refractivity (Wildman–Crippen MR) is 57.7 cm³/mol. The zero-order valence-corrected chi connectivity index (χ0v) is 8.65. The molecule has 0 fully saturated rings. The van der Waals surface area contributed by atoms with Crippen molar-refractivity contribution in [2.75, 3.05) is 7.05 Å². The minimum absolute atomic E-state index is 0.164. The first kappa shape index (κ1) is 10.4. The Bertz CT molecular complexity index is 506. The Kier molecular flexibility index (Phi) is 2.44. The van der Waals surface area contributed by atoms with E-state index in [2.05, 4.69) is 10.3 Å². The molecule has 0 unspecified atom stereocenters. The summed E-state index contributed by atoms with van der Waals surface area (Å²) in [5.41, 5.74) is 1.96. The molecule has 0 spiro atoms. The number of fused-ring (bicyclic) bond motifs is 1. The molecule has 0 bridgehead atoms. The quantitative estimate of drug-likeness (QED) is 0.755. The average molecular weight is 218 g/mol. The predicted octanol–water partition coefficient (Wildman–Crippen LogP) is 0.433. The lowest BCUT2D eigenvalue weighted by molar-refractivity contribution is -0.114. The van der Waals surface area contributed by atoms with E-state index in [1.807, 2.05) is 0 Å². The van der Waals surface area contributed by atoms with Gasteiger partial charge in [-0.25, -0.2) is 4.79 Å². The highest BCUT2D eigenvalue weighted by Gasteiger charge is 2.22. The first-order chi connectivity index (χ1) is 7.63. The van der Waals surface area contributed by atoms with Crippen LogP contribution in [-0.4, -0.2) is 29.7 Å². The van der Waals surface area contributed by atoms with Gasteiger partial charge in [0, 0.05) is 12.6 Å². The second kappa shape index (κ2) is 3.77. The van der Waals surface area contributed by atoms with Crippen LogP contribution < -0.4 is 5.32 Å². The zero-order valence-electron chi connectivity index (χ0n) is 8.65. The molecule has 82 valence electrons. The van der Waals surface area contributed by atoms with Gasteiger partial charge in [0.05, 0.1) is 12.1 Å². The molecule has 2 N–H and O–H groups in total. The van der Waals surface area contributed by atoms with E-state index in [0.29, 0.717) is 17.8 Å². The Morgan fingerprint density at radius 2 is 2.19 bits per heavy atom. The fourth-order valence-corrected chi connectivity index (χ4v) is 1.63. The van der Waals surface area contributed by atoms with Crippen LogP contribution in [0, 0.1) is 0 Å². The number of aromatic carboxylic acids is 1. The Hall–Kier alpha value is -2.17. The smallest absolute Gasteiger partial charge is 0.335 e. The number of hydrogen-bond donors (Lipinski definition) is 2. The van der Waals surface area contributed by atoms with Crippen LogP contribution in [0.5, 0.6) is 0 Å². The van der Waals surface area contributed by atoms with Gasteiger partial charge in [0.1, 0.15) is 5.71 Å². The number of aliphatic imine (C=N–C) groups is 1. The van der Waals surface area contributed by atoms with Gasteiger partial charge in [-0.15, -0.1) is 0 Å². The van der Waals surface area contributed by atoms with Crippen molar-refractivity contribution in [1.29, 1.82) is 0 Å². The van der Waals surface area contributed by atoms with Gasteiger partial charge >= 0.3 is 5.97 Å². The molecule has 5 heteroatoms. The van der Waals surface area contributed by atoms with Gasteiger partial charge in [-0.2, -0.15) is 0 Å². The highest BCUT2D eigenvalue weighted by Crippen LogP contribution is 2.20. The topological polar surface area (TPSA) is 78.8 Å². The Labute approximate surface area is 91.8 Å². The van der Waals surface area contributed by atoms with Gasteiger partial charge in [0.15, 0.2) is 0 Å². The molecule has 1 aromatic carbocycles. The first-order valence-corrected chi connectivity index (χ1v) is 4.76. The van der Waals surface area contributed by atoms with Crippen molar-refractivity contribution in [3.05, 3.63) is 34.9 Å². The molecule has 0 aliphatic carbocycles. The summed E-state index contributed by atoms with van der Waals surface area (Å²) in [5.74, 6) is -1.30. The van der Waals surface area contributed by atoms with Crippen molar-refractivity contribution in [3.63, 3.8) is 0 Å². The number of carbonyl (C=O) groups excluding carboxylic acids is 1. The van der Waals surface area contributed by atoms with E-state index in [0.717, 1.165) is 5.56 Å². The third kappa shape index (κ3) is 1.56.